The van der Waals surface area contributed by atoms with Gasteiger partial charge >= 0.3 is 6.03 Å². The van der Waals surface area contributed by atoms with Crippen molar-refractivity contribution in [3.05, 3.63) is 53.3 Å². The monoisotopic (exact) mass is 457 g/mol. The second-order valence-electron chi connectivity index (χ2n) is 8.71. The van der Waals surface area contributed by atoms with Gasteiger partial charge < -0.3 is 25.0 Å². The molecule has 2 N–H and O–H groups in total. The molecule has 0 bridgehead atoms. The van der Waals surface area contributed by atoms with E-state index >= 15 is 0 Å². The van der Waals surface area contributed by atoms with Crippen molar-refractivity contribution in [2.24, 2.45) is 5.92 Å². The zero-order chi connectivity index (χ0) is 24.1. The smallest absolute Gasteiger partial charge is 0.317 e. The lowest BCUT2D eigenvalue weighted by Crippen LogP contribution is -2.51. The van der Waals surface area contributed by atoms with E-state index in [4.69, 9.17) is 9.47 Å². The summed E-state index contributed by atoms with van der Waals surface area (Å²) in [5.74, 6) is 0.102. The van der Waals surface area contributed by atoms with E-state index in [0.717, 1.165) is 5.56 Å². The van der Waals surface area contributed by atoms with Crippen LogP contribution in [0.15, 0.2) is 36.4 Å². The molecule has 1 aliphatic rings. The third kappa shape index (κ3) is 5.94. The highest BCUT2D eigenvalue weighted by Gasteiger charge is 2.35. The number of carbonyl (C=O) groups excluding carboxylic acids is 2. The Bertz CT molecular complexity index is 1010. The molecule has 2 atom stereocenters. The van der Waals surface area contributed by atoms with Crippen LogP contribution < -0.4 is 20.1 Å². The fourth-order valence-electron chi connectivity index (χ4n) is 4.11. The molecule has 0 saturated carbocycles. The minimum Gasteiger partial charge on any atom is -0.493 e. The maximum atomic E-state index is 13.8. The Hall–Kier alpha value is -3.29. The Morgan fingerprint density at radius 2 is 1.79 bits per heavy atom. The van der Waals surface area contributed by atoms with Crippen LogP contribution in [0, 0.1) is 18.7 Å². The molecule has 1 heterocycles. The fraction of sp³-hybridized carbons (Fsp3) is 0.440. The number of benzene rings is 2. The van der Waals surface area contributed by atoms with Crippen LogP contribution in [0.3, 0.4) is 0 Å². The number of rotatable bonds is 6. The number of likely N-dealkylation sites (tertiary alicyclic amines) is 1. The molecular formula is C25H32FN3O4. The van der Waals surface area contributed by atoms with Crippen LogP contribution >= 0.6 is 0 Å². The van der Waals surface area contributed by atoms with E-state index in [1.54, 1.807) is 49.3 Å². The molecule has 2 aromatic carbocycles. The van der Waals surface area contributed by atoms with E-state index in [2.05, 4.69) is 10.6 Å². The predicted molar refractivity (Wildman–Crippen MR) is 125 cm³/mol. The minimum atomic E-state index is -0.430. The van der Waals surface area contributed by atoms with Crippen LogP contribution in [-0.4, -0.2) is 50.2 Å². The number of aryl methyl sites for hydroxylation is 1. The van der Waals surface area contributed by atoms with Gasteiger partial charge in [-0.2, -0.15) is 0 Å². The Labute approximate surface area is 194 Å². The summed E-state index contributed by atoms with van der Waals surface area (Å²) in [5.41, 5.74) is 2.04. The summed E-state index contributed by atoms with van der Waals surface area (Å²) in [6.07, 6.45) is 0.551. The van der Waals surface area contributed by atoms with Gasteiger partial charge in [0.25, 0.3) is 0 Å². The Morgan fingerprint density at radius 1 is 1.06 bits per heavy atom. The highest BCUT2D eigenvalue weighted by atomic mass is 19.1. The second-order valence-corrected chi connectivity index (χ2v) is 8.71. The fourth-order valence-corrected chi connectivity index (χ4v) is 4.11. The van der Waals surface area contributed by atoms with Gasteiger partial charge in [-0.25, -0.2) is 9.18 Å². The quantitative estimate of drug-likeness (QED) is 0.677. The Kier molecular flexibility index (Phi) is 7.79. The summed E-state index contributed by atoms with van der Waals surface area (Å²) in [4.78, 5) is 27.7. The largest absolute Gasteiger partial charge is 0.493 e. The van der Waals surface area contributed by atoms with Crippen molar-refractivity contribution in [3.8, 4) is 11.5 Å². The third-order valence-electron chi connectivity index (χ3n) is 5.83. The summed E-state index contributed by atoms with van der Waals surface area (Å²) >= 11 is 0. The number of piperidine rings is 1. The molecule has 8 heteroatoms. The molecule has 1 fully saturated rings. The van der Waals surface area contributed by atoms with Crippen molar-refractivity contribution in [1.29, 1.82) is 0 Å². The molecule has 0 radical (unpaired) electrons. The van der Waals surface area contributed by atoms with E-state index in [-0.39, 0.29) is 29.7 Å². The topological polar surface area (TPSA) is 79.9 Å². The number of nitrogens with zero attached hydrogens (tertiary/aromatic N) is 1. The predicted octanol–water partition coefficient (Wildman–Crippen LogP) is 4.31. The molecule has 2 aromatic rings. The van der Waals surface area contributed by atoms with Gasteiger partial charge in [0.1, 0.15) is 5.82 Å². The number of hydrogen-bond acceptors (Lipinski definition) is 4. The summed E-state index contributed by atoms with van der Waals surface area (Å²) < 4.78 is 24.4. The lowest BCUT2D eigenvalue weighted by Gasteiger charge is -2.38. The van der Waals surface area contributed by atoms with Crippen molar-refractivity contribution >= 4 is 17.6 Å². The summed E-state index contributed by atoms with van der Waals surface area (Å²) in [6.45, 7) is 6.26. The highest BCUT2D eigenvalue weighted by molar-refractivity contribution is 5.93. The molecule has 0 aromatic heterocycles. The normalized spacial score (nSPS) is 18.1. The van der Waals surface area contributed by atoms with Gasteiger partial charge in [-0.3, -0.25) is 4.79 Å². The van der Waals surface area contributed by atoms with Gasteiger partial charge in [-0.1, -0.05) is 12.1 Å². The first-order chi connectivity index (χ1) is 15.7. The number of hydrogen-bond donors (Lipinski definition) is 2. The van der Waals surface area contributed by atoms with Crippen molar-refractivity contribution in [2.45, 2.75) is 39.2 Å². The van der Waals surface area contributed by atoms with Crippen molar-refractivity contribution in [3.63, 3.8) is 0 Å². The lowest BCUT2D eigenvalue weighted by molar-refractivity contribution is -0.121. The van der Waals surface area contributed by atoms with Crippen molar-refractivity contribution in [2.75, 3.05) is 32.6 Å². The third-order valence-corrected chi connectivity index (χ3v) is 5.83. The summed E-state index contributed by atoms with van der Waals surface area (Å²) in [6, 6.07) is 9.91. The van der Waals surface area contributed by atoms with Gasteiger partial charge in [0, 0.05) is 36.8 Å². The molecule has 7 nitrogen and oxygen atoms in total. The molecule has 178 valence electrons. The van der Waals surface area contributed by atoms with Gasteiger partial charge in [-0.05, 0) is 56.5 Å². The molecule has 3 rings (SSSR count). The number of nitrogens with one attached hydrogen (secondary N) is 2. The number of carbonyl (C=O) groups is 2. The second kappa shape index (κ2) is 10.6. The van der Waals surface area contributed by atoms with E-state index in [9.17, 15) is 14.0 Å². The highest BCUT2D eigenvalue weighted by Crippen LogP contribution is 2.33. The zero-order valence-corrected chi connectivity index (χ0v) is 19.8. The van der Waals surface area contributed by atoms with E-state index < -0.39 is 5.92 Å². The molecule has 0 spiro atoms. The Morgan fingerprint density at radius 3 is 2.42 bits per heavy atom. The maximum Gasteiger partial charge on any atom is 0.317 e. The summed E-state index contributed by atoms with van der Waals surface area (Å²) in [7, 11) is 3.08. The molecule has 33 heavy (non-hydrogen) atoms. The zero-order valence-electron chi connectivity index (χ0n) is 19.8. The molecule has 3 amide bonds. The number of methoxy groups -OCH3 is 2. The van der Waals surface area contributed by atoms with Crippen LogP contribution in [0.4, 0.5) is 14.9 Å². The van der Waals surface area contributed by atoms with Crippen LogP contribution in [0.1, 0.15) is 37.3 Å². The number of anilines is 1. The van der Waals surface area contributed by atoms with Gasteiger partial charge in [0.2, 0.25) is 5.91 Å². The van der Waals surface area contributed by atoms with Crippen LogP contribution in [0.25, 0.3) is 0 Å². The molecule has 0 unspecified atom stereocenters. The van der Waals surface area contributed by atoms with Crippen molar-refractivity contribution < 1.29 is 23.5 Å². The van der Waals surface area contributed by atoms with Crippen LogP contribution in [0.5, 0.6) is 11.5 Å². The number of ether oxygens (including phenoxy) is 2. The average molecular weight is 458 g/mol. The SMILES string of the molecule is COc1ccc(NC(=O)[C@@H]2C[C@@H](c3ccc(F)c(C)c3)CN(C(=O)NC(C)C)C2)cc1OC. The molecule has 0 aliphatic carbocycles. The van der Waals surface area contributed by atoms with Gasteiger partial charge in [0.15, 0.2) is 11.5 Å². The standard InChI is InChI=1S/C25H32FN3O4/c1-15(2)27-25(31)29-13-18(17-6-8-21(26)16(3)10-17)11-19(14-29)24(30)28-20-7-9-22(32-4)23(12-20)33-5/h6-10,12,15,18-19H,11,13-14H2,1-5H3,(H,27,31)(H,28,30)/t18-,19-/m1/s1. The average Bonchev–Trinajstić information content (AvgIpc) is 2.79. The van der Waals surface area contributed by atoms with E-state index in [0.29, 0.717) is 42.3 Å². The van der Waals surface area contributed by atoms with Crippen LogP contribution in [0.2, 0.25) is 0 Å². The number of halogens is 1. The molecule has 1 saturated heterocycles. The number of amides is 3. The minimum absolute atomic E-state index is 0.0232. The van der Waals surface area contributed by atoms with E-state index in [1.807, 2.05) is 13.8 Å². The van der Waals surface area contributed by atoms with Crippen molar-refractivity contribution in [1.82, 2.24) is 10.2 Å². The molecular weight excluding hydrogens is 425 g/mol. The first-order valence-corrected chi connectivity index (χ1v) is 11.1. The van der Waals surface area contributed by atoms with Crippen LogP contribution in [-0.2, 0) is 4.79 Å². The number of urea groups is 1. The van der Waals surface area contributed by atoms with Gasteiger partial charge in [-0.15, -0.1) is 0 Å². The Balaban J connectivity index is 1.83. The van der Waals surface area contributed by atoms with Gasteiger partial charge in [0.05, 0.1) is 20.1 Å². The summed E-state index contributed by atoms with van der Waals surface area (Å²) in [5, 5.41) is 5.84. The maximum absolute atomic E-state index is 13.8. The first-order valence-electron chi connectivity index (χ1n) is 11.1. The molecule has 1 aliphatic heterocycles. The first kappa shape index (κ1) is 24.4. The lowest BCUT2D eigenvalue weighted by atomic mass is 9.83. The van der Waals surface area contributed by atoms with E-state index in [1.165, 1.54) is 13.2 Å².